The molecule has 0 aromatic heterocycles. The van der Waals surface area contributed by atoms with Crippen molar-refractivity contribution in [3.8, 4) is 0 Å². The number of nitrogens with zero attached hydrogens (tertiary/aromatic N) is 1. The Hall–Kier alpha value is -0.0200. The highest BCUT2D eigenvalue weighted by Gasteiger charge is 2.39. The third-order valence-corrected chi connectivity index (χ3v) is 3.63. The maximum atomic E-state index is 8.83. The molecule has 1 heterocycles. The van der Waals surface area contributed by atoms with Gasteiger partial charge in [-0.3, -0.25) is 4.99 Å². The predicted molar refractivity (Wildman–Crippen MR) is 48.0 cm³/mol. The van der Waals surface area contributed by atoms with Crippen LogP contribution in [0.5, 0.6) is 0 Å². The Morgan fingerprint density at radius 1 is 1.73 bits per heavy atom. The normalized spacial score (nSPS) is 42.4. The molecule has 2 aliphatic rings. The van der Waals surface area contributed by atoms with E-state index in [1.807, 2.05) is 11.8 Å². The minimum absolute atomic E-state index is 0.197. The van der Waals surface area contributed by atoms with E-state index in [1.165, 1.54) is 11.5 Å². The van der Waals surface area contributed by atoms with Crippen molar-refractivity contribution in [2.24, 2.45) is 16.8 Å². The van der Waals surface area contributed by atoms with E-state index >= 15 is 0 Å². The van der Waals surface area contributed by atoms with E-state index in [0.717, 1.165) is 17.6 Å². The van der Waals surface area contributed by atoms with Gasteiger partial charge in [0.25, 0.3) is 0 Å². The zero-order valence-corrected chi connectivity index (χ0v) is 7.47. The van der Waals surface area contributed by atoms with Gasteiger partial charge in [-0.15, -0.1) is 11.8 Å². The Bertz CT molecular complexity index is 193. The number of hydrogen-bond donors (Lipinski definition) is 1. The largest absolute Gasteiger partial charge is 0.394 e. The molecule has 0 aromatic carbocycles. The summed E-state index contributed by atoms with van der Waals surface area (Å²) >= 11 is 1.84. The Morgan fingerprint density at radius 2 is 2.45 bits per heavy atom. The van der Waals surface area contributed by atoms with Crippen molar-refractivity contribution in [2.75, 3.05) is 12.4 Å². The summed E-state index contributed by atoms with van der Waals surface area (Å²) in [5.41, 5.74) is 0. The second-order valence-electron chi connectivity index (χ2n) is 3.43. The second kappa shape index (κ2) is 2.79. The third-order valence-electron chi connectivity index (χ3n) is 2.37. The lowest BCUT2D eigenvalue weighted by atomic mass is 10.3. The first-order chi connectivity index (χ1) is 5.31. The van der Waals surface area contributed by atoms with Gasteiger partial charge in [-0.25, -0.2) is 0 Å². The summed E-state index contributed by atoms with van der Waals surface area (Å²) in [6.07, 6.45) is 1.31. The minimum atomic E-state index is 0.197. The lowest BCUT2D eigenvalue weighted by molar-refractivity contribution is 0.277. The van der Waals surface area contributed by atoms with E-state index in [0.29, 0.717) is 0 Å². The Morgan fingerprint density at radius 3 is 2.91 bits per heavy atom. The van der Waals surface area contributed by atoms with Gasteiger partial charge in [0, 0.05) is 11.7 Å². The third kappa shape index (κ3) is 1.44. The summed E-state index contributed by atoms with van der Waals surface area (Å²) in [5.74, 6) is 2.59. The number of rotatable bonds is 2. The van der Waals surface area contributed by atoms with E-state index in [1.54, 1.807) is 0 Å². The van der Waals surface area contributed by atoms with Crippen LogP contribution in [-0.2, 0) is 0 Å². The van der Waals surface area contributed by atoms with Gasteiger partial charge in [0.1, 0.15) is 0 Å². The van der Waals surface area contributed by atoms with E-state index in [2.05, 4.69) is 11.9 Å². The molecule has 0 unspecified atom stereocenters. The van der Waals surface area contributed by atoms with Crippen LogP contribution in [0.3, 0.4) is 0 Å². The molecule has 3 atom stereocenters. The Kier molecular flexibility index (Phi) is 1.93. The quantitative estimate of drug-likeness (QED) is 0.676. The molecule has 0 bridgehead atoms. The van der Waals surface area contributed by atoms with Gasteiger partial charge in [0.2, 0.25) is 0 Å². The molecule has 1 fully saturated rings. The van der Waals surface area contributed by atoms with Crippen LogP contribution in [0.25, 0.3) is 0 Å². The highest BCUT2D eigenvalue weighted by Crippen LogP contribution is 2.44. The van der Waals surface area contributed by atoms with Crippen molar-refractivity contribution in [3.63, 3.8) is 0 Å². The molecular weight excluding hydrogens is 158 g/mol. The molecule has 0 aromatic rings. The van der Waals surface area contributed by atoms with E-state index < -0.39 is 0 Å². The Balaban J connectivity index is 1.95. The molecule has 2 rings (SSSR count). The first-order valence-corrected chi connectivity index (χ1v) is 5.11. The van der Waals surface area contributed by atoms with Crippen molar-refractivity contribution in [2.45, 2.75) is 19.4 Å². The molecule has 0 amide bonds. The number of thioether (sulfide) groups is 1. The number of aliphatic hydroxyl groups excluding tert-OH is 1. The molecule has 0 radical (unpaired) electrons. The fourth-order valence-electron chi connectivity index (χ4n) is 1.40. The van der Waals surface area contributed by atoms with Gasteiger partial charge in [-0.2, -0.15) is 0 Å². The fraction of sp³-hybridized carbons (Fsp3) is 0.875. The zero-order valence-electron chi connectivity index (χ0n) is 6.66. The van der Waals surface area contributed by atoms with Crippen LogP contribution < -0.4 is 0 Å². The SMILES string of the molecule is C[C@H]1C[C@H]1C1=N[C@H](CO)CS1. The van der Waals surface area contributed by atoms with E-state index in [4.69, 9.17) is 5.11 Å². The average Bonchev–Trinajstić information content (AvgIpc) is 2.59. The molecular formula is C8H13NOS. The topological polar surface area (TPSA) is 32.6 Å². The lowest BCUT2D eigenvalue weighted by Gasteiger charge is -1.95. The highest BCUT2D eigenvalue weighted by molar-refractivity contribution is 8.14. The average molecular weight is 171 g/mol. The van der Waals surface area contributed by atoms with Gasteiger partial charge in [0.15, 0.2) is 0 Å². The van der Waals surface area contributed by atoms with Crippen LogP contribution in [0.4, 0.5) is 0 Å². The van der Waals surface area contributed by atoms with Crippen molar-refractivity contribution < 1.29 is 5.11 Å². The van der Waals surface area contributed by atoms with Gasteiger partial charge in [-0.05, 0) is 12.3 Å². The molecule has 1 N–H and O–H groups in total. The molecule has 1 aliphatic heterocycles. The summed E-state index contributed by atoms with van der Waals surface area (Å²) in [5, 5.41) is 10.1. The maximum Gasteiger partial charge on any atom is 0.0833 e. The van der Waals surface area contributed by atoms with Crippen molar-refractivity contribution in [3.05, 3.63) is 0 Å². The Labute approximate surface area is 71.1 Å². The van der Waals surface area contributed by atoms with E-state index in [-0.39, 0.29) is 12.6 Å². The molecule has 1 saturated carbocycles. The van der Waals surface area contributed by atoms with Gasteiger partial charge >= 0.3 is 0 Å². The van der Waals surface area contributed by atoms with Crippen molar-refractivity contribution in [1.29, 1.82) is 0 Å². The zero-order chi connectivity index (χ0) is 7.84. The van der Waals surface area contributed by atoms with Crippen molar-refractivity contribution in [1.82, 2.24) is 0 Å². The molecule has 0 saturated heterocycles. The van der Waals surface area contributed by atoms with Crippen LogP contribution in [0, 0.1) is 11.8 Å². The first kappa shape index (κ1) is 7.62. The molecule has 11 heavy (non-hydrogen) atoms. The van der Waals surface area contributed by atoms with E-state index in [9.17, 15) is 0 Å². The number of aliphatic imine (C=N–C) groups is 1. The van der Waals surface area contributed by atoms with Crippen LogP contribution >= 0.6 is 11.8 Å². The van der Waals surface area contributed by atoms with Crippen LogP contribution in [-0.4, -0.2) is 28.6 Å². The van der Waals surface area contributed by atoms with Crippen LogP contribution in [0.1, 0.15) is 13.3 Å². The summed E-state index contributed by atoms with van der Waals surface area (Å²) < 4.78 is 0. The molecule has 0 spiro atoms. The van der Waals surface area contributed by atoms with Gasteiger partial charge in [-0.1, -0.05) is 6.92 Å². The van der Waals surface area contributed by atoms with Gasteiger partial charge < -0.3 is 5.11 Å². The maximum absolute atomic E-state index is 8.83. The summed E-state index contributed by atoms with van der Waals surface area (Å²) in [4.78, 5) is 4.45. The van der Waals surface area contributed by atoms with Gasteiger partial charge in [0.05, 0.1) is 17.7 Å². The summed E-state index contributed by atoms with van der Waals surface area (Å²) in [7, 11) is 0. The summed E-state index contributed by atoms with van der Waals surface area (Å²) in [6.45, 7) is 2.48. The first-order valence-electron chi connectivity index (χ1n) is 4.12. The fourth-order valence-corrected chi connectivity index (χ4v) is 2.71. The second-order valence-corrected chi connectivity index (χ2v) is 4.47. The molecule has 1 aliphatic carbocycles. The summed E-state index contributed by atoms with van der Waals surface area (Å²) in [6, 6.07) is 0.197. The smallest absolute Gasteiger partial charge is 0.0833 e. The van der Waals surface area contributed by atoms with Crippen molar-refractivity contribution >= 4 is 16.8 Å². The molecule has 62 valence electrons. The highest BCUT2D eigenvalue weighted by atomic mass is 32.2. The monoisotopic (exact) mass is 171 g/mol. The van der Waals surface area contributed by atoms with Crippen LogP contribution in [0.15, 0.2) is 4.99 Å². The predicted octanol–water partition coefficient (Wildman–Crippen LogP) is 1.15. The minimum Gasteiger partial charge on any atom is -0.394 e. The lowest BCUT2D eigenvalue weighted by Crippen LogP contribution is -2.08. The van der Waals surface area contributed by atoms with Crippen LogP contribution in [0.2, 0.25) is 0 Å². The molecule has 2 nitrogen and oxygen atoms in total. The standard InChI is InChI=1S/C8H13NOS/c1-5-2-7(5)8-9-6(3-10)4-11-8/h5-7,10H,2-4H2,1H3/t5-,6+,7+/m0/s1. The number of hydrogen-bond acceptors (Lipinski definition) is 3. The number of aliphatic hydroxyl groups is 1. The molecule has 3 heteroatoms.